The lowest BCUT2D eigenvalue weighted by atomic mass is 9.75. The second-order valence-electron chi connectivity index (χ2n) is 5.91. The molecule has 1 atom stereocenters. The smallest absolute Gasteiger partial charge is 0.260 e. The highest BCUT2D eigenvalue weighted by Crippen LogP contribution is 2.38. The third kappa shape index (κ3) is 3.30. The maximum Gasteiger partial charge on any atom is 0.260 e. The van der Waals surface area contributed by atoms with E-state index in [4.69, 9.17) is 4.74 Å². The molecule has 7 heteroatoms. The monoisotopic (exact) mass is 329 g/mol. The maximum atomic E-state index is 12.5. The van der Waals surface area contributed by atoms with Gasteiger partial charge in [-0.2, -0.15) is 0 Å². The van der Waals surface area contributed by atoms with Crippen LogP contribution >= 0.6 is 0 Å². The van der Waals surface area contributed by atoms with E-state index in [0.29, 0.717) is 18.6 Å². The van der Waals surface area contributed by atoms with Crippen molar-refractivity contribution in [2.75, 3.05) is 7.11 Å². The zero-order valence-electron chi connectivity index (χ0n) is 13.2. The molecule has 0 radical (unpaired) electrons. The van der Waals surface area contributed by atoms with Gasteiger partial charge in [-0.1, -0.05) is 0 Å². The lowest BCUT2D eigenvalue weighted by Crippen LogP contribution is -2.42. The van der Waals surface area contributed by atoms with Crippen LogP contribution in [0.25, 0.3) is 0 Å². The number of pyridine rings is 2. The summed E-state index contributed by atoms with van der Waals surface area (Å²) in [5.41, 5.74) is 0.399. The van der Waals surface area contributed by atoms with Crippen LogP contribution in [0.4, 0.5) is 0 Å². The summed E-state index contributed by atoms with van der Waals surface area (Å²) in [5.74, 6) is 0.218. The van der Waals surface area contributed by atoms with Gasteiger partial charge in [-0.25, -0.2) is 0 Å². The highest BCUT2D eigenvalue weighted by Gasteiger charge is 2.36. The van der Waals surface area contributed by atoms with Crippen LogP contribution in [0.2, 0.25) is 0 Å². The highest BCUT2D eigenvalue weighted by molar-refractivity contribution is 5.94. The number of nitrogens with one attached hydrogen (secondary N) is 2. The zero-order chi connectivity index (χ0) is 17.1. The van der Waals surface area contributed by atoms with E-state index in [2.05, 4.69) is 15.3 Å². The first kappa shape index (κ1) is 16.2. The molecule has 0 aromatic carbocycles. The molecule has 7 nitrogen and oxygen atoms in total. The Hall–Kier alpha value is -2.67. The van der Waals surface area contributed by atoms with E-state index in [9.17, 15) is 14.7 Å². The molecule has 2 aromatic heterocycles. The number of rotatable bonds is 5. The summed E-state index contributed by atoms with van der Waals surface area (Å²) in [4.78, 5) is 30.9. The van der Waals surface area contributed by atoms with E-state index in [1.807, 2.05) is 0 Å². The number of carbonyl (C=O) groups is 1. The van der Waals surface area contributed by atoms with Gasteiger partial charge in [0.2, 0.25) is 0 Å². The van der Waals surface area contributed by atoms with Gasteiger partial charge in [-0.3, -0.25) is 14.6 Å². The van der Waals surface area contributed by atoms with E-state index in [1.54, 1.807) is 31.6 Å². The van der Waals surface area contributed by atoms with Crippen molar-refractivity contribution in [2.45, 2.75) is 25.0 Å². The second kappa shape index (κ2) is 6.84. The summed E-state index contributed by atoms with van der Waals surface area (Å²) < 4.78 is 5.19. The number of ether oxygens (including phenoxy) is 1. The second-order valence-corrected chi connectivity index (χ2v) is 5.91. The molecule has 1 aliphatic carbocycles. The minimum atomic E-state index is -0.453. The van der Waals surface area contributed by atoms with Crippen molar-refractivity contribution in [2.24, 2.45) is 5.92 Å². The minimum absolute atomic E-state index is 0.0539. The average molecular weight is 329 g/mol. The van der Waals surface area contributed by atoms with Gasteiger partial charge in [0.05, 0.1) is 25.5 Å². The molecule has 3 rings (SSSR count). The molecule has 2 heterocycles. The number of aromatic amines is 1. The van der Waals surface area contributed by atoms with Crippen molar-refractivity contribution in [3.63, 3.8) is 0 Å². The Labute approximate surface area is 138 Å². The van der Waals surface area contributed by atoms with Crippen molar-refractivity contribution in [3.8, 4) is 5.75 Å². The van der Waals surface area contributed by atoms with Crippen molar-refractivity contribution in [1.82, 2.24) is 15.3 Å². The van der Waals surface area contributed by atoms with Gasteiger partial charge in [0.25, 0.3) is 11.5 Å². The Morgan fingerprint density at radius 2 is 2.25 bits per heavy atom. The van der Waals surface area contributed by atoms with Crippen molar-refractivity contribution >= 4 is 5.91 Å². The molecule has 0 saturated heterocycles. The lowest BCUT2D eigenvalue weighted by molar-refractivity contribution is 0.0234. The average Bonchev–Trinajstić information content (AvgIpc) is 2.57. The van der Waals surface area contributed by atoms with Gasteiger partial charge in [0.15, 0.2) is 0 Å². The molecular weight excluding hydrogens is 310 g/mol. The van der Waals surface area contributed by atoms with E-state index >= 15 is 0 Å². The molecule has 0 bridgehead atoms. The number of nitrogens with zero attached hydrogens (tertiary/aromatic N) is 1. The van der Waals surface area contributed by atoms with E-state index in [0.717, 1.165) is 5.56 Å². The van der Waals surface area contributed by atoms with Gasteiger partial charge >= 0.3 is 0 Å². The third-order valence-electron chi connectivity index (χ3n) is 4.30. The molecule has 1 aliphatic rings. The number of hydrogen-bond donors (Lipinski definition) is 3. The SMILES string of the molecule is COc1cncc(C(NC(=O)c2ccc[nH]c2=O)C2CC(O)C2)c1. The Morgan fingerprint density at radius 3 is 2.92 bits per heavy atom. The normalized spacial score (nSPS) is 20.8. The summed E-state index contributed by atoms with van der Waals surface area (Å²) in [7, 11) is 1.55. The maximum absolute atomic E-state index is 12.5. The van der Waals surface area contributed by atoms with Crippen molar-refractivity contribution in [1.29, 1.82) is 0 Å². The number of H-pyrrole nitrogens is 1. The Bertz CT molecular complexity index is 783. The van der Waals surface area contributed by atoms with Crippen LogP contribution in [-0.4, -0.2) is 34.2 Å². The molecule has 0 aliphatic heterocycles. The molecule has 1 amide bonds. The van der Waals surface area contributed by atoms with Crippen molar-refractivity contribution < 1.29 is 14.6 Å². The van der Waals surface area contributed by atoms with E-state index in [1.165, 1.54) is 12.3 Å². The highest BCUT2D eigenvalue weighted by atomic mass is 16.5. The van der Waals surface area contributed by atoms with Crippen LogP contribution in [0.1, 0.15) is 34.8 Å². The predicted octanol–water partition coefficient (Wildman–Crippen LogP) is 1.02. The van der Waals surface area contributed by atoms with Crippen molar-refractivity contribution in [3.05, 3.63) is 58.3 Å². The van der Waals surface area contributed by atoms with Crippen LogP contribution in [0.15, 0.2) is 41.6 Å². The number of methoxy groups -OCH3 is 1. The Morgan fingerprint density at radius 1 is 1.46 bits per heavy atom. The van der Waals surface area contributed by atoms with Gasteiger partial charge in [0.1, 0.15) is 11.3 Å². The number of aromatic nitrogens is 2. The summed E-state index contributed by atoms with van der Waals surface area (Å²) in [6, 6.07) is 4.54. The fourth-order valence-corrected chi connectivity index (χ4v) is 2.91. The molecule has 3 N–H and O–H groups in total. The molecule has 0 spiro atoms. The molecule has 1 fully saturated rings. The third-order valence-corrected chi connectivity index (χ3v) is 4.30. The van der Waals surface area contributed by atoms with E-state index < -0.39 is 11.5 Å². The molecule has 2 aromatic rings. The topological polar surface area (TPSA) is 104 Å². The zero-order valence-corrected chi connectivity index (χ0v) is 13.2. The minimum Gasteiger partial charge on any atom is -0.495 e. The standard InChI is InChI=1S/C17H19N3O4/c1-24-13-7-11(8-18-9-13)15(10-5-12(21)6-10)20-17(23)14-3-2-4-19-16(14)22/h2-4,7-10,12,15,21H,5-6H2,1H3,(H,19,22)(H,20,23). The first-order chi connectivity index (χ1) is 11.6. The fraction of sp³-hybridized carbons (Fsp3) is 0.353. The van der Waals surface area contributed by atoms with Crippen LogP contribution in [-0.2, 0) is 0 Å². The van der Waals surface area contributed by atoms with Gasteiger partial charge < -0.3 is 20.1 Å². The summed E-state index contributed by atoms with van der Waals surface area (Å²) in [6.45, 7) is 0. The number of amides is 1. The molecular formula is C17H19N3O4. The van der Waals surface area contributed by atoms with Crippen LogP contribution < -0.4 is 15.6 Å². The summed E-state index contributed by atoms with van der Waals surface area (Å²) >= 11 is 0. The van der Waals surface area contributed by atoms with Crippen LogP contribution in [0.3, 0.4) is 0 Å². The number of carbonyl (C=O) groups excluding carboxylic acids is 1. The van der Waals surface area contributed by atoms with E-state index in [-0.39, 0.29) is 23.6 Å². The van der Waals surface area contributed by atoms with Gasteiger partial charge in [0, 0.05) is 12.4 Å². The van der Waals surface area contributed by atoms with Gasteiger partial charge in [-0.15, -0.1) is 0 Å². The van der Waals surface area contributed by atoms with Crippen LogP contribution in [0.5, 0.6) is 5.75 Å². The van der Waals surface area contributed by atoms with Gasteiger partial charge in [-0.05, 0) is 42.5 Å². The Balaban J connectivity index is 1.86. The number of aliphatic hydroxyl groups is 1. The quantitative estimate of drug-likeness (QED) is 0.760. The number of hydrogen-bond acceptors (Lipinski definition) is 5. The first-order valence-corrected chi connectivity index (χ1v) is 7.74. The molecule has 1 unspecified atom stereocenters. The largest absolute Gasteiger partial charge is 0.495 e. The number of aliphatic hydroxyl groups excluding tert-OH is 1. The fourth-order valence-electron chi connectivity index (χ4n) is 2.91. The Kier molecular flexibility index (Phi) is 4.61. The lowest BCUT2D eigenvalue weighted by Gasteiger charge is -2.38. The molecule has 1 saturated carbocycles. The molecule has 24 heavy (non-hydrogen) atoms. The summed E-state index contributed by atoms with van der Waals surface area (Å²) in [6.07, 6.45) is 5.55. The van der Waals surface area contributed by atoms with Crippen LogP contribution in [0, 0.1) is 5.92 Å². The molecule has 126 valence electrons. The first-order valence-electron chi connectivity index (χ1n) is 7.74. The predicted molar refractivity (Wildman–Crippen MR) is 86.8 cm³/mol. The summed E-state index contributed by atoms with van der Waals surface area (Å²) in [5, 5.41) is 12.5.